The molecule has 2 heteroatoms. The Balaban J connectivity index is 1.45. The van der Waals surface area contributed by atoms with Crippen LogP contribution in [0.15, 0.2) is 97.1 Å². The molecule has 0 saturated heterocycles. The molecule has 1 aliphatic carbocycles. The standard InChI is InChI=1S/C46H62N2/c1-4-7-10-11-12-35-31-33-46(34-32-35,40-23-15-36(16-24-40)44(13-8-5-2)38-19-27-42(47)28-20-38)41-25-17-37(18-26-41)45(14-9-6-3)39-21-29-43(48)30-22-39/h15-30,35,44-45H,4-14,31-34,47-48H2,1-3H3. The number of hydrogen-bond acceptors (Lipinski definition) is 2. The zero-order valence-corrected chi connectivity index (χ0v) is 30.2. The summed E-state index contributed by atoms with van der Waals surface area (Å²) in [6.45, 7) is 6.90. The van der Waals surface area contributed by atoms with Crippen molar-refractivity contribution in [2.75, 3.05) is 11.5 Å². The highest BCUT2D eigenvalue weighted by Crippen LogP contribution is 2.48. The van der Waals surface area contributed by atoms with Crippen LogP contribution in [0.4, 0.5) is 11.4 Å². The van der Waals surface area contributed by atoms with E-state index in [1.54, 1.807) is 0 Å². The Bertz CT molecular complexity index is 1370. The van der Waals surface area contributed by atoms with Gasteiger partial charge in [-0.3, -0.25) is 0 Å². The fourth-order valence-corrected chi connectivity index (χ4v) is 8.46. The molecule has 1 aliphatic rings. The minimum Gasteiger partial charge on any atom is -0.399 e. The number of hydrogen-bond donors (Lipinski definition) is 2. The second-order valence-corrected chi connectivity index (χ2v) is 14.8. The first-order valence-corrected chi connectivity index (χ1v) is 19.4. The molecule has 0 amide bonds. The van der Waals surface area contributed by atoms with Gasteiger partial charge in [0.15, 0.2) is 0 Å². The molecule has 2 unspecified atom stereocenters. The first-order valence-electron chi connectivity index (χ1n) is 19.4. The fraction of sp³-hybridized carbons (Fsp3) is 0.478. The van der Waals surface area contributed by atoms with E-state index in [0.717, 1.165) is 17.3 Å². The van der Waals surface area contributed by atoms with Crippen LogP contribution in [0.3, 0.4) is 0 Å². The fourth-order valence-electron chi connectivity index (χ4n) is 8.46. The van der Waals surface area contributed by atoms with Crippen LogP contribution in [0.5, 0.6) is 0 Å². The van der Waals surface area contributed by atoms with Gasteiger partial charge in [0.2, 0.25) is 0 Å². The second kappa shape index (κ2) is 17.8. The molecular formula is C46H62N2. The van der Waals surface area contributed by atoms with E-state index >= 15 is 0 Å². The predicted molar refractivity (Wildman–Crippen MR) is 209 cm³/mol. The Morgan fingerprint density at radius 3 is 1.25 bits per heavy atom. The zero-order valence-electron chi connectivity index (χ0n) is 30.2. The van der Waals surface area contributed by atoms with Gasteiger partial charge in [-0.1, -0.05) is 151 Å². The summed E-state index contributed by atoms with van der Waals surface area (Å²) in [4.78, 5) is 0. The van der Waals surface area contributed by atoms with Crippen molar-refractivity contribution < 1.29 is 0 Å². The van der Waals surface area contributed by atoms with Crippen molar-refractivity contribution in [2.24, 2.45) is 5.92 Å². The van der Waals surface area contributed by atoms with Crippen molar-refractivity contribution in [1.82, 2.24) is 0 Å². The molecule has 256 valence electrons. The van der Waals surface area contributed by atoms with Crippen molar-refractivity contribution >= 4 is 11.4 Å². The molecular weight excluding hydrogens is 581 g/mol. The Morgan fingerprint density at radius 1 is 0.500 bits per heavy atom. The summed E-state index contributed by atoms with van der Waals surface area (Å²) in [6.07, 6.45) is 19.2. The van der Waals surface area contributed by atoms with E-state index in [1.165, 1.54) is 130 Å². The largest absolute Gasteiger partial charge is 0.399 e. The third-order valence-corrected chi connectivity index (χ3v) is 11.5. The molecule has 2 atom stereocenters. The Morgan fingerprint density at radius 2 is 0.875 bits per heavy atom. The van der Waals surface area contributed by atoms with Crippen molar-refractivity contribution in [3.63, 3.8) is 0 Å². The summed E-state index contributed by atoms with van der Waals surface area (Å²) < 4.78 is 0. The van der Waals surface area contributed by atoms with Gasteiger partial charge >= 0.3 is 0 Å². The van der Waals surface area contributed by atoms with E-state index < -0.39 is 0 Å². The molecule has 0 heterocycles. The first kappa shape index (κ1) is 35.8. The summed E-state index contributed by atoms with van der Waals surface area (Å²) in [5.41, 5.74) is 22.5. The van der Waals surface area contributed by atoms with Gasteiger partial charge in [0, 0.05) is 28.6 Å². The van der Waals surface area contributed by atoms with Crippen LogP contribution >= 0.6 is 0 Å². The van der Waals surface area contributed by atoms with Gasteiger partial charge in [-0.05, 0) is 102 Å². The highest BCUT2D eigenvalue weighted by molar-refractivity contribution is 5.47. The monoisotopic (exact) mass is 642 g/mol. The summed E-state index contributed by atoms with van der Waals surface area (Å²) in [5, 5.41) is 0. The molecule has 1 fully saturated rings. The van der Waals surface area contributed by atoms with Crippen LogP contribution in [0.1, 0.15) is 162 Å². The van der Waals surface area contributed by atoms with Gasteiger partial charge < -0.3 is 11.5 Å². The molecule has 4 N–H and O–H groups in total. The quantitative estimate of drug-likeness (QED) is 0.0889. The molecule has 0 aliphatic heterocycles. The Labute approximate surface area is 292 Å². The van der Waals surface area contributed by atoms with Crippen molar-refractivity contribution in [3.05, 3.63) is 130 Å². The van der Waals surface area contributed by atoms with Gasteiger partial charge in [0.05, 0.1) is 0 Å². The molecule has 2 nitrogen and oxygen atoms in total. The third kappa shape index (κ3) is 8.93. The van der Waals surface area contributed by atoms with Crippen molar-refractivity contribution in [2.45, 2.75) is 134 Å². The minimum absolute atomic E-state index is 0.0667. The molecule has 4 aromatic rings. The van der Waals surface area contributed by atoms with Crippen LogP contribution < -0.4 is 11.5 Å². The number of benzene rings is 4. The van der Waals surface area contributed by atoms with Crippen LogP contribution in [0, 0.1) is 5.92 Å². The van der Waals surface area contributed by atoms with Crippen LogP contribution in [0.25, 0.3) is 0 Å². The van der Waals surface area contributed by atoms with Crippen LogP contribution in [-0.2, 0) is 5.41 Å². The average Bonchev–Trinajstić information content (AvgIpc) is 3.13. The lowest BCUT2D eigenvalue weighted by molar-refractivity contribution is 0.250. The number of nitrogen functional groups attached to an aromatic ring is 2. The van der Waals surface area contributed by atoms with E-state index in [4.69, 9.17) is 11.5 Å². The summed E-state index contributed by atoms with van der Waals surface area (Å²) in [5.74, 6) is 1.67. The number of nitrogens with two attached hydrogens (primary N) is 2. The molecule has 5 rings (SSSR count). The number of rotatable bonds is 17. The topological polar surface area (TPSA) is 52.0 Å². The lowest BCUT2D eigenvalue weighted by Crippen LogP contribution is -2.33. The normalized spacial score (nSPS) is 19.2. The summed E-state index contributed by atoms with van der Waals surface area (Å²) in [6, 6.07) is 36.9. The van der Waals surface area contributed by atoms with Crippen molar-refractivity contribution in [1.29, 1.82) is 0 Å². The Kier molecular flexibility index (Phi) is 13.2. The van der Waals surface area contributed by atoms with E-state index in [2.05, 4.69) is 118 Å². The zero-order chi connectivity index (χ0) is 33.8. The van der Waals surface area contributed by atoms with Gasteiger partial charge in [0.25, 0.3) is 0 Å². The smallest absolute Gasteiger partial charge is 0.0314 e. The van der Waals surface area contributed by atoms with Gasteiger partial charge in [0.1, 0.15) is 0 Å². The second-order valence-electron chi connectivity index (χ2n) is 14.8. The van der Waals surface area contributed by atoms with Crippen LogP contribution in [0.2, 0.25) is 0 Å². The lowest BCUT2D eigenvalue weighted by atomic mass is 9.62. The maximum absolute atomic E-state index is 6.07. The molecule has 1 saturated carbocycles. The molecule has 0 radical (unpaired) electrons. The minimum atomic E-state index is 0.0667. The maximum Gasteiger partial charge on any atom is 0.0314 e. The van der Waals surface area contributed by atoms with Gasteiger partial charge in [-0.2, -0.15) is 0 Å². The Hall–Kier alpha value is -3.52. The van der Waals surface area contributed by atoms with E-state index in [1.807, 2.05) is 0 Å². The summed E-state index contributed by atoms with van der Waals surface area (Å²) in [7, 11) is 0. The molecule has 0 bridgehead atoms. The number of anilines is 2. The SMILES string of the molecule is CCCCCCC1CCC(c2ccc(C(CCCC)c3ccc(N)cc3)cc2)(c2ccc(C(CCCC)c3ccc(N)cc3)cc2)CC1. The highest BCUT2D eigenvalue weighted by Gasteiger charge is 2.38. The van der Waals surface area contributed by atoms with Crippen LogP contribution in [-0.4, -0.2) is 0 Å². The maximum atomic E-state index is 6.07. The highest BCUT2D eigenvalue weighted by atomic mass is 14.5. The summed E-state index contributed by atoms with van der Waals surface area (Å²) >= 11 is 0. The third-order valence-electron chi connectivity index (χ3n) is 11.5. The van der Waals surface area contributed by atoms with E-state index in [-0.39, 0.29) is 5.41 Å². The first-order chi connectivity index (χ1) is 23.5. The number of unbranched alkanes of at least 4 members (excludes halogenated alkanes) is 5. The molecule has 0 spiro atoms. The average molecular weight is 643 g/mol. The lowest BCUT2D eigenvalue weighted by Gasteiger charge is -2.42. The molecule has 4 aromatic carbocycles. The van der Waals surface area contributed by atoms with Gasteiger partial charge in [-0.15, -0.1) is 0 Å². The molecule has 0 aromatic heterocycles. The molecule has 48 heavy (non-hydrogen) atoms. The van der Waals surface area contributed by atoms with Crippen molar-refractivity contribution in [3.8, 4) is 0 Å². The van der Waals surface area contributed by atoms with E-state index in [0.29, 0.717) is 11.8 Å². The predicted octanol–water partition coefficient (Wildman–Crippen LogP) is 12.9. The van der Waals surface area contributed by atoms with E-state index in [9.17, 15) is 0 Å². The van der Waals surface area contributed by atoms with Gasteiger partial charge in [-0.25, -0.2) is 0 Å².